The first-order valence-electron chi connectivity index (χ1n) is 3.38. The van der Waals surface area contributed by atoms with Gasteiger partial charge in [-0.15, -0.1) is 0 Å². The first-order chi connectivity index (χ1) is 5.74. The Hall–Kier alpha value is -0.810. The molecule has 0 atom stereocenters. The molecule has 0 aliphatic heterocycles. The summed E-state index contributed by atoms with van der Waals surface area (Å²) in [6.07, 6.45) is 1.59. The number of hydrogen-bond acceptors (Lipinski definition) is 4. The lowest BCUT2D eigenvalue weighted by Gasteiger charge is -2.05. The first-order valence-corrected chi connectivity index (χ1v) is 4.18. The predicted molar refractivity (Wildman–Crippen MR) is 48.9 cm³/mol. The van der Waals surface area contributed by atoms with E-state index in [2.05, 4.69) is 20.9 Å². The van der Waals surface area contributed by atoms with E-state index in [1.165, 1.54) is 0 Å². The molecule has 0 fully saturated rings. The summed E-state index contributed by atoms with van der Waals surface area (Å²) in [6.45, 7) is 0.163. The number of hydrogen-bond donors (Lipinski definition) is 2. The number of nitrogen functional groups attached to an aromatic ring is 1. The Morgan fingerprint density at radius 3 is 3.00 bits per heavy atom. The fourth-order valence-corrected chi connectivity index (χ4v) is 1.05. The summed E-state index contributed by atoms with van der Waals surface area (Å²) in [6, 6.07) is 1.69. The molecule has 0 aromatic carbocycles. The quantitative estimate of drug-likeness (QED) is 0.810. The summed E-state index contributed by atoms with van der Waals surface area (Å²) in [4.78, 5) is 3.91. The van der Waals surface area contributed by atoms with Crippen molar-refractivity contribution in [2.45, 2.75) is 0 Å². The van der Waals surface area contributed by atoms with Gasteiger partial charge >= 0.3 is 0 Å². The maximum absolute atomic E-state index is 8.47. The van der Waals surface area contributed by atoms with Crippen molar-refractivity contribution in [3.8, 4) is 5.88 Å². The highest BCUT2D eigenvalue weighted by atomic mass is 79.9. The Bertz CT molecular complexity index is 268. The molecule has 12 heavy (non-hydrogen) atoms. The lowest BCUT2D eigenvalue weighted by Crippen LogP contribution is -2.05. The van der Waals surface area contributed by atoms with E-state index in [0.29, 0.717) is 11.6 Å². The maximum Gasteiger partial charge on any atom is 0.237 e. The standard InChI is InChI=1S/C7H9BrN2O2/c8-5-3-6(9)7(10-4-5)12-2-1-11/h3-4,11H,1-2,9H2. The number of nitrogens with zero attached hydrogens (tertiary/aromatic N) is 1. The van der Waals surface area contributed by atoms with Crippen molar-refractivity contribution < 1.29 is 9.84 Å². The number of anilines is 1. The van der Waals surface area contributed by atoms with Gasteiger partial charge in [-0.1, -0.05) is 0 Å². The lowest BCUT2D eigenvalue weighted by atomic mass is 10.4. The summed E-state index contributed by atoms with van der Waals surface area (Å²) in [5.74, 6) is 0.354. The zero-order chi connectivity index (χ0) is 8.97. The normalized spacial score (nSPS) is 9.83. The minimum atomic E-state index is -0.0445. The van der Waals surface area contributed by atoms with Crippen molar-refractivity contribution in [3.63, 3.8) is 0 Å². The zero-order valence-corrected chi connectivity index (χ0v) is 7.91. The topological polar surface area (TPSA) is 68.4 Å². The molecule has 1 heterocycles. The van der Waals surface area contributed by atoms with Crippen LogP contribution in [0.15, 0.2) is 16.7 Å². The third-order valence-corrected chi connectivity index (χ3v) is 1.61. The monoisotopic (exact) mass is 232 g/mol. The van der Waals surface area contributed by atoms with Gasteiger partial charge in [0.15, 0.2) is 0 Å². The van der Waals surface area contributed by atoms with Crippen LogP contribution in [0.4, 0.5) is 5.69 Å². The van der Waals surface area contributed by atoms with Gasteiger partial charge in [0.2, 0.25) is 5.88 Å². The summed E-state index contributed by atoms with van der Waals surface area (Å²) in [5.41, 5.74) is 6.02. The second-order valence-electron chi connectivity index (χ2n) is 2.12. The van der Waals surface area contributed by atoms with Crippen LogP contribution in [0.25, 0.3) is 0 Å². The molecule has 0 spiro atoms. The van der Waals surface area contributed by atoms with E-state index in [4.69, 9.17) is 15.6 Å². The van der Waals surface area contributed by atoms with Gasteiger partial charge in [-0.2, -0.15) is 0 Å². The van der Waals surface area contributed by atoms with Gasteiger partial charge in [0.1, 0.15) is 6.61 Å². The number of aliphatic hydroxyl groups excluding tert-OH is 1. The van der Waals surface area contributed by atoms with Crippen molar-refractivity contribution in [2.24, 2.45) is 0 Å². The summed E-state index contributed by atoms with van der Waals surface area (Å²) in [5, 5.41) is 8.47. The van der Waals surface area contributed by atoms with Gasteiger partial charge in [-0.25, -0.2) is 4.98 Å². The van der Waals surface area contributed by atoms with Gasteiger partial charge in [-0.05, 0) is 22.0 Å². The average Bonchev–Trinajstić information content (AvgIpc) is 2.03. The highest BCUT2D eigenvalue weighted by molar-refractivity contribution is 9.10. The minimum absolute atomic E-state index is 0.0445. The SMILES string of the molecule is Nc1cc(Br)cnc1OCCO. The van der Waals surface area contributed by atoms with Gasteiger partial charge in [-0.3, -0.25) is 0 Å². The van der Waals surface area contributed by atoms with Gasteiger partial charge in [0.25, 0.3) is 0 Å². The smallest absolute Gasteiger partial charge is 0.237 e. The van der Waals surface area contributed by atoms with Gasteiger partial charge < -0.3 is 15.6 Å². The number of aromatic nitrogens is 1. The molecule has 0 saturated heterocycles. The van der Waals surface area contributed by atoms with Crippen LogP contribution < -0.4 is 10.5 Å². The summed E-state index contributed by atoms with van der Waals surface area (Å²) < 4.78 is 5.84. The fraction of sp³-hybridized carbons (Fsp3) is 0.286. The fourth-order valence-electron chi connectivity index (χ4n) is 0.705. The number of halogens is 1. The molecule has 0 aliphatic carbocycles. The van der Waals surface area contributed by atoms with Crippen molar-refractivity contribution in [1.29, 1.82) is 0 Å². The van der Waals surface area contributed by atoms with E-state index in [1.54, 1.807) is 12.3 Å². The van der Waals surface area contributed by atoms with Crippen molar-refractivity contribution >= 4 is 21.6 Å². The Balaban J connectivity index is 2.72. The summed E-state index contributed by atoms with van der Waals surface area (Å²) in [7, 11) is 0. The van der Waals surface area contributed by atoms with Crippen LogP contribution in [0.5, 0.6) is 5.88 Å². The molecule has 0 radical (unpaired) electrons. The average molecular weight is 233 g/mol. The van der Waals surface area contributed by atoms with Crippen molar-refractivity contribution in [3.05, 3.63) is 16.7 Å². The van der Waals surface area contributed by atoms with E-state index in [-0.39, 0.29) is 13.2 Å². The van der Waals surface area contributed by atoms with Gasteiger partial charge in [0, 0.05) is 10.7 Å². The lowest BCUT2D eigenvalue weighted by molar-refractivity contribution is 0.197. The van der Waals surface area contributed by atoms with E-state index in [1.807, 2.05) is 0 Å². The predicted octanol–water partition coefficient (Wildman–Crippen LogP) is 0.797. The van der Waals surface area contributed by atoms with Gasteiger partial charge in [0.05, 0.1) is 12.3 Å². The molecule has 4 nitrogen and oxygen atoms in total. The number of ether oxygens (including phenoxy) is 1. The second-order valence-corrected chi connectivity index (χ2v) is 3.04. The van der Waals surface area contributed by atoms with Crippen LogP contribution in [0.3, 0.4) is 0 Å². The Morgan fingerprint density at radius 2 is 2.42 bits per heavy atom. The Kier molecular flexibility index (Phi) is 3.31. The Morgan fingerprint density at radius 1 is 1.67 bits per heavy atom. The first kappa shape index (κ1) is 9.28. The van der Waals surface area contributed by atoms with Crippen LogP contribution in [0, 0.1) is 0 Å². The zero-order valence-electron chi connectivity index (χ0n) is 6.33. The number of nitrogens with two attached hydrogens (primary N) is 1. The van der Waals surface area contributed by atoms with Crippen LogP contribution in [0.2, 0.25) is 0 Å². The molecule has 1 rings (SSSR count). The molecule has 1 aromatic rings. The number of pyridine rings is 1. The van der Waals surface area contributed by atoms with E-state index >= 15 is 0 Å². The maximum atomic E-state index is 8.47. The second kappa shape index (κ2) is 4.27. The van der Waals surface area contributed by atoms with E-state index in [0.717, 1.165) is 4.47 Å². The third kappa shape index (κ3) is 2.35. The number of rotatable bonds is 3. The van der Waals surface area contributed by atoms with Crippen LogP contribution in [-0.2, 0) is 0 Å². The molecular formula is C7H9BrN2O2. The molecule has 0 bridgehead atoms. The van der Waals surface area contributed by atoms with Crippen LogP contribution >= 0.6 is 15.9 Å². The molecule has 66 valence electrons. The summed E-state index contributed by atoms with van der Waals surface area (Å²) >= 11 is 3.22. The molecule has 0 aliphatic rings. The highest BCUT2D eigenvalue weighted by Gasteiger charge is 2.01. The molecule has 0 amide bonds. The van der Waals surface area contributed by atoms with Crippen molar-refractivity contribution in [2.75, 3.05) is 18.9 Å². The van der Waals surface area contributed by atoms with Crippen LogP contribution in [-0.4, -0.2) is 23.3 Å². The number of aliphatic hydroxyl groups is 1. The third-order valence-electron chi connectivity index (χ3n) is 1.18. The van der Waals surface area contributed by atoms with E-state index in [9.17, 15) is 0 Å². The van der Waals surface area contributed by atoms with Crippen molar-refractivity contribution in [1.82, 2.24) is 4.98 Å². The molecule has 0 saturated carbocycles. The van der Waals surface area contributed by atoms with E-state index < -0.39 is 0 Å². The Labute approximate surface area is 78.5 Å². The largest absolute Gasteiger partial charge is 0.474 e. The minimum Gasteiger partial charge on any atom is -0.474 e. The molecule has 3 N–H and O–H groups in total. The molecular weight excluding hydrogens is 224 g/mol. The highest BCUT2D eigenvalue weighted by Crippen LogP contribution is 2.21. The molecule has 0 unspecified atom stereocenters. The molecule has 1 aromatic heterocycles. The van der Waals surface area contributed by atoms with Crippen LogP contribution in [0.1, 0.15) is 0 Å². The molecule has 5 heteroatoms.